The van der Waals surface area contributed by atoms with Crippen LogP contribution in [0.4, 0.5) is 10.1 Å². The quantitative estimate of drug-likeness (QED) is 0.811. The summed E-state index contributed by atoms with van der Waals surface area (Å²) in [5.74, 6) is -0.367. The molecule has 1 heterocycles. The summed E-state index contributed by atoms with van der Waals surface area (Å²) in [6.07, 6.45) is 0. The summed E-state index contributed by atoms with van der Waals surface area (Å²) >= 11 is 0. The van der Waals surface area contributed by atoms with E-state index >= 15 is 0 Å². The van der Waals surface area contributed by atoms with Crippen molar-refractivity contribution in [2.75, 3.05) is 5.73 Å². The Labute approximate surface area is 115 Å². The molecular formula is C11H13FN4O3S. The minimum absolute atomic E-state index is 0.154. The van der Waals surface area contributed by atoms with E-state index in [4.69, 9.17) is 10.3 Å². The van der Waals surface area contributed by atoms with Gasteiger partial charge < -0.3 is 10.3 Å². The number of benzene rings is 1. The number of rotatable bonds is 4. The highest BCUT2D eigenvalue weighted by atomic mass is 32.2. The number of anilines is 1. The maximum Gasteiger partial charge on any atom is 0.243 e. The Morgan fingerprint density at radius 2 is 2.10 bits per heavy atom. The van der Waals surface area contributed by atoms with Crippen molar-refractivity contribution in [1.29, 1.82) is 0 Å². The summed E-state index contributed by atoms with van der Waals surface area (Å²) in [4.78, 5) is 3.34. The molecular weight excluding hydrogens is 287 g/mol. The van der Waals surface area contributed by atoms with Crippen molar-refractivity contribution in [2.45, 2.75) is 25.3 Å². The highest BCUT2D eigenvalue weighted by Gasteiger charge is 2.21. The van der Waals surface area contributed by atoms with Crippen LogP contribution in [0.25, 0.3) is 0 Å². The Kier molecular flexibility index (Phi) is 3.73. The first-order chi connectivity index (χ1) is 9.29. The van der Waals surface area contributed by atoms with Gasteiger partial charge in [0.15, 0.2) is 5.82 Å². The molecule has 2 rings (SSSR count). The molecule has 9 heteroatoms. The predicted octanol–water partition coefficient (Wildman–Crippen LogP) is 0.886. The molecule has 0 fully saturated rings. The lowest BCUT2D eigenvalue weighted by molar-refractivity contribution is 0.387. The molecule has 2 aromatic rings. The molecule has 0 unspecified atom stereocenters. The lowest BCUT2D eigenvalue weighted by atomic mass is 10.2. The van der Waals surface area contributed by atoms with Crippen molar-refractivity contribution in [3.8, 4) is 0 Å². The summed E-state index contributed by atoms with van der Waals surface area (Å²) in [5, 5.41) is 3.54. The molecule has 0 bridgehead atoms. The molecule has 0 amide bonds. The second kappa shape index (κ2) is 5.17. The minimum atomic E-state index is -4.05. The third-order valence-electron chi connectivity index (χ3n) is 2.52. The van der Waals surface area contributed by atoms with E-state index in [-0.39, 0.29) is 23.6 Å². The SMILES string of the molecule is Cc1nc(CNS(=O)(=O)c2cc(N)cc(C)c2F)no1. The number of nitrogens with two attached hydrogens (primary N) is 1. The highest BCUT2D eigenvalue weighted by Crippen LogP contribution is 2.21. The maximum absolute atomic E-state index is 13.9. The smallest absolute Gasteiger partial charge is 0.243 e. The molecule has 0 aliphatic carbocycles. The average molecular weight is 300 g/mol. The number of halogens is 1. The van der Waals surface area contributed by atoms with E-state index in [0.717, 1.165) is 6.07 Å². The van der Waals surface area contributed by atoms with Crippen LogP contribution in [0, 0.1) is 19.7 Å². The van der Waals surface area contributed by atoms with Crippen molar-refractivity contribution in [2.24, 2.45) is 0 Å². The molecule has 0 aliphatic rings. The van der Waals surface area contributed by atoms with Crippen LogP contribution in [0.5, 0.6) is 0 Å². The van der Waals surface area contributed by atoms with Crippen LogP contribution in [0.3, 0.4) is 0 Å². The van der Waals surface area contributed by atoms with Gasteiger partial charge in [-0.2, -0.15) is 4.98 Å². The summed E-state index contributed by atoms with van der Waals surface area (Å²) in [7, 11) is -4.05. The van der Waals surface area contributed by atoms with Gasteiger partial charge in [0.05, 0.1) is 6.54 Å². The Bertz CT molecular complexity index is 742. The fourth-order valence-corrected chi connectivity index (χ4v) is 2.77. The summed E-state index contributed by atoms with van der Waals surface area (Å²) in [6, 6.07) is 2.42. The van der Waals surface area contributed by atoms with Gasteiger partial charge in [0, 0.05) is 12.6 Å². The zero-order valence-corrected chi connectivity index (χ0v) is 11.7. The normalized spacial score (nSPS) is 11.8. The Morgan fingerprint density at radius 3 is 2.70 bits per heavy atom. The minimum Gasteiger partial charge on any atom is -0.399 e. The van der Waals surface area contributed by atoms with Gasteiger partial charge in [-0.3, -0.25) is 0 Å². The van der Waals surface area contributed by atoms with Crippen LogP contribution in [0.1, 0.15) is 17.3 Å². The van der Waals surface area contributed by atoms with Crippen molar-refractivity contribution in [1.82, 2.24) is 14.9 Å². The Morgan fingerprint density at radius 1 is 1.40 bits per heavy atom. The van der Waals surface area contributed by atoms with E-state index in [1.54, 1.807) is 6.92 Å². The molecule has 0 saturated heterocycles. The molecule has 7 nitrogen and oxygen atoms in total. The third-order valence-corrected chi connectivity index (χ3v) is 3.92. The van der Waals surface area contributed by atoms with Crippen LogP contribution in [-0.4, -0.2) is 18.6 Å². The lowest BCUT2D eigenvalue weighted by Crippen LogP contribution is -2.25. The first-order valence-electron chi connectivity index (χ1n) is 5.64. The molecule has 0 saturated carbocycles. The first kappa shape index (κ1) is 14.4. The molecule has 20 heavy (non-hydrogen) atoms. The second-order valence-electron chi connectivity index (χ2n) is 4.20. The summed E-state index contributed by atoms with van der Waals surface area (Å²) < 4.78 is 44.9. The highest BCUT2D eigenvalue weighted by molar-refractivity contribution is 7.89. The van der Waals surface area contributed by atoms with Gasteiger partial charge >= 0.3 is 0 Å². The van der Waals surface area contributed by atoms with E-state index in [1.807, 2.05) is 0 Å². The van der Waals surface area contributed by atoms with Crippen LogP contribution in [0.2, 0.25) is 0 Å². The lowest BCUT2D eigenvalue weighted by Gasteiger charge is -2.09. The fourth-order valence-electron chi connectivity index (χ4n) is 1.61. The Balaban J connectivity index is 2.27. The molecule has 108 valence electrons. The molecule has 0 radical (unpaired) electrons. The first-order valence-corrected chi connectivity index (χ1v) is 7.12. The standard InChI is InChI=1S/C11H13FN4O3S/c1-6-3-8(13)4-9(11(6)12)20(17,18)14-5-10-15-7(2)19-16-10/h3-4,14H,5,13H2,1-2H3. The molecule has 1 aromatic carbocycles. The van der Waals surface area contributed by atoms with E-state index in [1.165, 1.54) is 13.0 Å². The van der Waals surface area contributed by atoms with Gasteiger partial charge in [0.2, 0.25) is 15.9 Å². The molecule has 0 atom stereocenters. The van der Waals surface area contributed by atoms with Gasteiger partial charge in [0.25, 0.3) is 0 Å². The van der Waals surface area contributed by atoms with Gasteiger partial charge in [-0.1, -0.05) is 5.16 Å². The summed E-state index contributed by atoms with van der Waals surface area (Å²) in [5.41, 5.74) is 5.86. The van der Waals surface area contributed by atoms with Crippen molar-refractivity contribution in [3.63, 3.8) is 0 Å². The largest absolute Gasteiger partial charge is 0.399 e. The molecule has 3 N–H and O–H groups in total. The maximum atomic E-state index is 13.9. The van der Waals surface area contributed by atoms with Gasteiger partial charge in [-0.15, -0.1) is 0 Å². The summed E-state index contributed by atoms with van der Waals surface area (Å²) in [6.45, 7) is 2.81. The topological polar surface area (TPSA) is 111 Å². The number of nitrogens with one attached hydrogen (secondary N) is 1. The van der Waals surface area contributed by atoms with E-state index in [0.29, 0.717) is 5.89 Å². The number of nitrogens with zero attached hydrogens (tertiary/aromatic N) is 2. The van der Waals surface area contributed by atoms with E-state index < -0.39 is 20.7 Å². The third kappa shape index (κ3) is 2.94. The monoisotopic (exact) mass is 300 g/mol. The van der Waals surface area contributed by atoms with Crippen LogP contribution in [-0.2, 0) is 16.6 Å². The molecule has 1 aromatic heterocycles. The van der Waals surface area contributed by atoms with E-state index in [2.05, 4.69) is 14.9 Å². The van der Waals surface area contributed by atoms with Gasteiger partial charge in [-0.05, 0) is 24.6 Å². The zero-order chi connectivity index (χ0) is 14.9. The predicted molar refractivity (Wildman–Crippen MR) is 68.6 cm³/mol. The fraction of sp³-hybridized carbons (Fsp3) is 0.273. The molecule has 0 spiro atoms. The number of nitrogen functional groups attached to an aromatic ring is 1. The number of aromatic nitrogens is 2. The van der Waals surface area contributed by atoms with Gasteiger partial charge in [0.1, 0.15) is 10.7 Å². The number of hydrogen-bond donors (Lipinski definition) is 2. The van der Waals surface area contributed by atoms with Crippen LogP contribution < -0.4 is 10.5 Å². The second-order valence-corrected chi connectivity index (χ2v) is 5.94. The number of sulfonamides is 1. The van der Waals surface area contributed by atoms with Crippen molar-refractivity contribution < 1.29 is 17.3 Å². The van der Waals surface area contributed by atoms with Crippen molar-refractivity contribution >= 4 is 15.7 Å². The van der Waals surface area contributed by atoms with Crippen molar-refractivity contribution in [3.05, 3.63) is 35.2 Å². The van der Waals surface area contributed by atoms with Crippen LogP contribution >= 0.6 is 0 Å². The van der Waals surface area contributed by atoms with E-state index in [9.17, 15) is 12.8 Å². The number of hydrogen-bond acceptors (Lipinski definition) is 6. The zero-order valence-electron chi connectivity index (χ0n) is 10.8. The average Bonchev–Trinajstić information content (AvgIpc) is 2.77. The molecule has 0 aliphatic heterocycles. The van der Waals surface area contributed by atoms with Crippen LogP contribution in [0.15, 0.2) is 21.6 Å². The van der Waals surface area contributed by atoms with Gasteiger partial charge in [-0.25, -0.2) is 17.5 Å². The number of aryl methyl sites for hydroxylation is 2. The Hall–Kier alpha value is -2.00.